The molecule has 37 heavy (non-hydrogen) atoms. The number of aryl methyl sites for hydroxylation is 1. The van der Waals surface area contributed by atoms with Crippen molar-refractivity contribution in [1.29, 1.82) is 0 Å². The number of carbonyl (C=O) groups is 1. The topological polar surface area (TPSA) is 106 Å². The summed E-state index contributed by atoms with van der Waals surface area (Å²) in [6, 6.07) is 17.4. The number of anilines is 3. The van der Waals surface area contributed by atoms with E-state index in [0.29, 0.717) is 35.1 Å². The number of hydrogen-bond acceptors (Lipinski definition) is 9. The third kappa shape index (κ3) is 4.80. The normalized spacial score (nSPS) is 14.7. The lowest BCUT2D eigenvalue weighted by Gasteiger charge is -2.36. The van der Waals surface area contributed by atoms with Crippen LogP contribution < -0.4 is 29.3 Å². The number of ether oxygens (including phenoxy) is 3. The molecule has 4 heterocycles. The average Bonchev–Trinajstić information content (AvgIpc) is 3.58. The summed E-state index contributed by atoms with van der Waals surface area (Å²) in [5, 5.41) is 16.2. The van der Waals surface area contributed by atoms with Gasteiger partial charge >= 0.3 is 0 Å². The van der Waals surface area contributed by atoms with Crippen LogP contribution in [-0.2, 0) is 11.2 Å². The molecule has 6 rings (SSSR count). The van der Waals surface area contributed by atoms with Gasteiger partial charge in [0.25, 0.3) is 0 Å². The Hall–Kier alpha value is -4.54. The van der Waals surface area contributed by atoms with Crippen LogP contribution in [0.5, 0.6) is 17.2 Å². The molecule has 2 aromatic heterocycles. The van der Waals surface area contributed by atoms with Crippen molar-refractivity contribution in [1.82, 2.24) is 19.8 Å². The summed E-state index contributed by atoms with van der Waals surface area (Å²) in [6.07, 6.45) is 0.665. The maximum absolute atomic E-state index is 12.6. The quantitative estimate of drug-likeness (QED) is 0.409. The Morgan fingerprint density at radius 3 is 2.68 bits per heavy atom. The third-order valence-electron chi connectivity index (χ3n) is 6.57. The van der Waals surface area contributed by atoms with Crippen LogP contribution in [0.2, 0.25) is 0 Å². The second-order valence-corrected chi connectivity index (χ2v) is 8.87. The zero-order valence-electron chi connectivity index (χ0n) is 20.5. The summed E-state index contributed by atoms with van der Waals surface area (Å²) in [6.45, 7) is 3.62. The first-order valence-corrected chi connectivity index (χ1v) is 12.2. The summed E-state index contributed by atoms with van der Waals surface area (Å²) in [5.41, 5.74) is 2.47. The van der Waals surface area contributed by atoms with E-state index in [1.54, 1.807) is 29.8 Å². The van der Waals surface area contributed by atoms with Crippen LogP contribution in [0.15, 0.2) is 54.6 Å². The highest BCUT2D eigenvalue weighted by atomic mass is 16.7. The Balaban J connectivity index is 1.08. The van der Waals surface area contributed by atoms with Crippen molar-refractivity contribution in [2.24, 2.45) is 0 Å². The predicted octanol–water partition coefficient (Wildman–Crippen LogP) is 2.76. The fraction of sp³-hybridized carbons (Fsp3) is 0.308. The summed E-state index contributed by atoms with van der Waals surface area (Å²) in [4.78, 5) is 17.2. The lowest BCUT2D eigenvalue weighted by Crippen LogP contribution is -2.47. The van der Waals surface area contributed by atoms with E-state index >= 15 is 0 Å². The predicted molar refractivity (Wildman–Crippen MR) is 138 cm³/mol. The zero-order chi connectivity index (χ0) is 25.2. The van der Waals surface area contributed by atoms with Crippen LogP contribution in [0.4, 0.5) is 17.2 Å². The number of amides is 1. The molecule has 1 fully saturated rings. The van der Waals surface area contributed by atoms with Gasteiger partial charge in [0.1, 0.15) is 11.6 Å². The van der Waals surface area contributed by atoms with Crippen LogP contribution in [0.25, 0.3) is 5.65 Å². The first kappa shape index (κ1) is 22.9. The van der Waals surface area contributed by atoms with Crippen molar-refractivity contribution in [3.05, 3.63) is 60.4 Å². The highest BCUT2D eigenvalue weighted by Gasteiger charge is 2.20. The molecule has 1 amide bonds. The zero-order valence-corrected chi connectivity index (χ0v) is 20.5. The van der Waals surface area contributed by atoms with Crippen molar-refractivity contribution in [2.45, 2.75) is 12.8 Å². The molecule has 2 aromatic carbocycles. The van der Waals surface area contributed by atoms with E-state index < -0.39 is 0 Å². The largest absolute Gasteiger partial charge is 0.497 e. The lowest BCUT2D eigenvalue weighted by atomic mass is 10.2. The molecule has 0 unspecified atom stereocenters. The second-order valence-electron chi connectivity index (χ2n) is 8.87. The van der Waals surface area contributed by atoms with E-state index in [-0.39, 0.29) is 19.1 Å². The number of carbonyl (C=O) groups excluding carboxylic acids is 1. The van der Waals surface area contributed by atoms with Crippen LogP contribution in [0.1, 0.15) is 12.2 Å². The SMILES string of the molecule is COc1cccc(N2CCN(c3ccc4nnc(CCC(=O)Nc5ccc6c(c5)OCO6)n4n3)CC2)c1. The van der Waals surface area contributed by atoms with E-state index in [4.69, 9.17) is 19.3 Å². The lowest BCUT2D eigenvalue weighted by molar-refractivity contribution is -0.116. The molecule has 4 aromatic rings. The minimum atomic E-state index is -0.125. The number of hydrogen-bond donors (Lipinski definition) is 1. The van der Waals surface area contributed by atoms with E-state index in [0.717, 1.165) is 43.4 Å². The molecular formula is C26H27N7O4. The molecule has 0 aliphatic carbocycles. The molecule has 11 nitrogen and oxygen atoms in total. The Morgan fingerprint density at radius 2 is 1.81 bits per heavy atom. The number of nitrogens with zero attached hydrogens (tertiary/aromatic N) is 6. The molecular weight excluding hydrogens is 474 g/mol. The Morgan fingerprint density at radius 1 is 0.973 bits per heavy atom. The van der Waals surface area contributed by atoms with Gasteiger partial charge in [0.05, 0.1) is 7.11 Å². The van der Waals surface area contributed by atoms with Crippen LogP contribution in [-0.4, -0.2) is 65.8 Å². The van der Waals surface area contributed by atoms with Gasteiger partial charge in [-0.25, -0.2) is 0 Å². The van der Waals surface area contributed by atoms with Crippen LogP contribution in [0.3, 0.4) is 0 Å². The van der Waals surface area contributed by atoms with Crippen LogP contribution >= 0.6 is 0 Å². The van der Waals surface area contributed by atoms with Gasteiger partial charge in [0, 0.05) is 62.5 Å². The maximum Gasteiger partial charge on any atom is 0.231 e. The molecule has 1 N–H and O–H groups in total. The first-order chi connectivity index (χ1) is 18.2. The molecule has 0 bridgehead atoms. The molecule has 11 heteroatoms. The van der Waals surface area contributed by atoms with Gasteiger partial charge in [-0.1, -0.05) is 6.07 Å². The fourth-order valence-corrected chi connectivity index (χ4v) is 4.57. The first-order valence-electron chi connectivity index (χ1n) is 12.2. The summed E-state index contributed by atoms with van der Waals surface area (Å²) in [7, 11) is 1.68. The smallest absolute Gasteiger partial charge is 0.231 e. The Labute approximate surface area is 213 Å². The van der Waals surface area contributed by atoms with Gasteiger partial charge in [-0.15, -0.1) is 15.3 Å². The molecule has 2 aliphatic rings. The highest BCUT2D eigenvalue weighted by molar-refractivity contribution is 5.91. The second kappa shape index (κ2) is 9.84. The van der Waals surface area contributed by atoms with E-state index in [1.807, 2.05) is 24.3 Å². The number of fused-ring (bicyclic) bond motifs is 2. The van der Waals surface area contributed by atoms with Gasteiger partial charge < -0.3 is 29.3 Å². The van der Waals surface area contributed by atoms with Crippen molar-refractivity contribution >= 4 is 28.7 Å². The van der Waals surface area contributed by atoms with Gasteiger partial charge in [0.2, 0.25) is 12.7 Å². The van der Waals surface area contributed by atoms with Crippen LogP contribution in [0, 0.1) is 0 Å². The summed E-state index contributed by atoms with van der Waals surface area (Å²) < 4.78 is 17.8. The minimum Gasteiger partial charge on any atom is -0.497 e. The van der Waals surface area contributed by atoms with Gasteiger partial charge in [-0.05, 0) is 36.4 Å². The highest BCUT2D eigenvalue weighted by Crippen LogP contribution is 2.34. The van der Waals surface area contributed by atoms with Crippen molar-refractivity contribution < 1.29 is 19.0 Å². The number of aromatic nitrogens is 4. The molecule has 0 atom stereocenters. The third-order valence-corrected chi connectivity index (χ3v) is 6.57. The van der Waals surface area contributed by atoms with E-state index in [9.17, 15) is 4.79 Å². The van der Waals surface area contributed by atoms with Crippen molar-refractivity contribution in [3.8, 4) is 17.2 Å². The monoisotopic (exact) mass is 501 g/mol. The number of methoxy groups -OCH3 is 1. The van der Waals surface area contributed by atoms with E-state index in [2.05, 4.69) is 37.4 Å². The number of nitrogens with one attached hydrogen (secondary N) is 1. The standard InChI is InChI=1S/C26H27N7O4/c1-35-20-4-2-3-19(16-20)31-11-13-32(14-12-31)25-8-7-23-28-29-24(33(23)30-25)9-10-26(34)27-18-5-6-21-22(15-18)37-17-36-21/h2-8,15-16H,9-14,17H2,1H3,(H,27,34). The van der Waals surface area contributed by atoms with Gasteiger partial charge in [0.15, 0.2) is 23.0 Å². The average molecular weight is 502 g/mol. The number of rotatable bonds is 7. The van der Waals surface area contributed by atoms with E-state index in [1.165, 1.54) is 0 Å². The molecule has 190 valence electrons. The molecule has 0 spiro atoms. The molecule has 2 aliphatic heterocycles. The van der Waals surface area contributed by atoms with Gasteiger partial charge in [-0.2, -0.15) is 4.52 Å². The fourth-order valence-electron chi connectivity index (χ4n) is 4.57. The summed E-state index contributed by atoms with van der Waals surface area (Å²) >= 11 is 0. The number of benzene rings is 2. The Bertz CT molecular complexity index is 1430. The maximum atomic E-state index is 12.6. The minimum absolute atomic E-state index is 0.125. The molecule has 0 saturated carbocycles. The molecule has 1 saturated heterocycles. The number of piperazine rings is 1. The molecule has 0 radical (unpaired) electrons. The van der Waals surface area contributed by atoms with Crippen molar-refractivity contribution in [2.75, 3.05) is 55.2 Å². The van der Waals surface area contributed by atoms with Crippen molar-refractivity contribution in [3.63, 3.8) is 0 Å². The summed E-state index contributed by atoms with van der Waals surface area (Å²) in [5.74, 6) is 3.55. The Kier molecular flexibility index (Phi) is 6.09. The van der Waals surface area contributed by atoms with Gasteiger partial charge in [-0.3, -0.25) is 4.79 Å².